The normalized spacial score (nSPS) is 12.0. The third-order valence-electron chi connectivity index (χ3n) is 3.75. The summed E-state index contributed by atoms with van der Waals surface area (Å²) in [6, 6.07) is 7.88. The number of aryl methyl sites for hydroxylation is 2. The Bertz CT molecular complexity index is 940. The van der Waals surface area contributed by atoms with Gasteiger partial charge in [-0.15, -0.1) is 0 Å². The first-order valence-corrected chi connectivity index (χ1v) is 8.13. The third-order valence-corrected chi connectivity index (χ3v) is 3.75. The summed E-state index contributed by atoms with van der Waals surface area (Å²) in [6.07, 6.45) is 0.730. The van der Waals surface area contributed by atoms with Crippen LogP contribution in [0.2, 0.25) is 0 Å². The third kappa shape index (κ3) is 3.82. The first-order valence-electron chi connectivity index (χ1n) is 8.13. The largest absolute Gasteiger partial charge is 0.360 e. The van der Waals surface area contributed by atoms with E-state index in [1.807, 2.05) is 13.8 Å². The molecule has 1 aromatic carbocycles. The summed E-state index contributed by atoms with van der Waals surface area (Å²) < 4.78 is 5.04. The van der Waals surface area contributed by atoms with Crippen molar-refractivity contribution in [2.75, 3.05) is 5.32 Å². The minimum absolute atomic E-state index is 0.00387. The number of non-ortho nitro benzene ring substituents is 1. The Morgan fingerprint density at radius 1 is 1.23 bits per heavy atom. The smallest absolute Gasteiger partial charge is 0.270 e. The van der Waals surface area contributed by atoms with Gasteiger partial charge in [-0.3, -0.25) is 10.1 Å². The summed E-state index contributed by atoms with van der Waals surface area (Å²) in [4.78, 5) is 23.7. The standard InChI is InChI=1S/C17H18N6O3/c1-4-14(17-19-11(3)26-22-17)20-15-8-10(2)18-16(21-15)12-6-5-7-13(9-12)23(24)25/h5-9,14H,4H2,1-3H3,(H,18,20,21). The second-order valence-electron chi connectivity index (χ2n) is 5.80. The second-order valence-corrected chi connectivity index (χ2v) is 5.80. The molecule has 134 valence electrons. The van der Waals surface area contributed by atoms with Gasteiger partial charge in [0, 0.05) is 36.4 Å². The zero-order chi connectivity index (χ0) is 18.7. The van der Waals surface area contributed by atoms with Gasteiger partial charge < -0.3 is 9.84 Å². The van der Waals surface area contributed by atoms with E-state index in [9.17, 15) is 10.1 Å². The molecule has 9 heteroatoms. The highest BCUT2D eigenvalue weighted by molar-refractivity contribution is 5.61. The average molecular weight is 354 g/mol. The maximum Gasteiger partial charge on any atom is 0.270 e. The number of benzene rings is 1. The molecule has 0 saturated carbocycles. The van der Waals surface area contributed by atoms with E-state index in [2.05, 4.69) is 25.4 Å². The van der Waals surface area contributed by atoms with Crippen molar-refractivity contribution in [1.29, 1.82) is 0 Å². The molecule has 26 heavy (non-hydrogen) atoms. The fourth-order valence-electron chi connectivity index (χ4n) is 2.51. The lowest BCUT2D eigenvalue weighted by Gasteiger charge is -2.15. The Balaban J connectivity index is 1.92. The van der Waals surface area contributed by atoms with Crippen LogP contribution in [0.3, 0.4) is 0 Å². The molecule has 3 rings (SSSR count). The van der Waals surface area contributed by atoms with Gasteiger partial charge in [0.2, 0.25) is 5.89 Å². The molecule has 2 aromatic heterocycles. The Kier molecular flexibility index (Phi) is 4.87. The lowest BCUT2D eigenvalue weighted by molar-refractivity contribution is -0.384. The SMILES string of the molecule is CCC(Nc1cc(C)nc(-c2cccc([N+](=O)[O-])c2)n1)c1noc(C)n1. The summed E-state index contributed by atoms with van der Waals surface area (Å²) in [5.74, 6) is 2.05. The first kappa shape index (κ1) is 17.5. The van der Waals surface area contributed by atoms with Crippen LogP contribution in [0.4, 0.5) is 11.5 Å². The molecule has 1 N–H and O–H groups in total. The van der Waals surface area contributed by atoms with E-state index in [0.29, 0.717) is 28.9 Å². The zero-order valence-corrected chi connectivity index (χ0v) is 14.6. The highest BCUT2D eigenvalue weighted by Gasteiger charge is 2.17. The molecular weight excluding hydrogens is 336 g/mol. The van der Waals surface area contributed by atoms with Crippen molar-refractivity contribution in [1.82, 2.24) is 20.1 Å². The van der Waals surface area contributed by atoms with Crippen molar-refractivity contribution >= 4 is 11.5 Å². The monoisotopic (exact) mass is 354 g/mol. The number of aromatic nitrogens is 4. The molecule has 0 fully saturated rings. The molecule has 0 aliphatic carbocycles. The Hall–Kier alpha value is -3.36. The summed E-state index contributed by atoms with van der Waals surface area (Å²) in [6.45, 7) is 5.57. The van der Waals surface area contributed by atoms with Crippen LogP contribution in [0.1, 0.15) is 36.8 Å². The molecule has 0 saturated heterocycles. The summed E-state index contributed by atoms with van der Waals surface area (Å²) in [7, 11) is 0. The minimum atomic E-state index is -0.440. The molecule has 0 aliphatic rings. The lowest BCUT2D eigenvalue weighted by atomic mass is 10.2. The molecule has 1 atom stereocenters. The maximum absolute atomic E-state index is 11.0. The van der Waals surface area contributed by atoms with Crippen LogP contribution in [0, 0.1) is 24.0 Å². The fourth-order valence-corrected chi connectivity index (χ4v) is 2.51. The predicted octanol–water partition coefficient (Wildman–Crippen LogP) is 3.61. The van der Waals surface area contributed by atoms with Gasteiger partial charge >= 0.3 is 0 Å². The topological polar surface area (TPSA) is 120 Å². The molecular formula is C17H18N6O3. The lowest BCUT2D eigenvalue weighted by Crippen LogP contribution is -2.13. The number of hydrogen-bond acceptors (Lipinski definition) is 8. The number of rotatable bonds is 6. The molecule has 0 radical (unpaired) electrons. The molecule has 3 aromatic rings. The van der Waals surface area contributed by atoms with Crippen molar-refractivity contribution in [2.45, 2.75) is 33.2 Å². The Morgan fingerprint density at radius 2 is 2.04 bits per heavy atom. The average Bonchev–Trinajstić information content (AvgIpc) is 3.05. The highest BCUT2D eigenvalue weighted by atomic mass is 16.6. The molecule has 0 amide bonds. The van der Waals surface area contributed by atoms with E-state index in [4.69, 9.17) is 4.52 Å². The van der Waals surface area contributed by atoms with E-state index >= 15 is 0 Å². The Labute approximate surface area is 149 Å². The van der Waals surface area contributed by atoms with Gasteiger partial charge in [0.1, 0.15) is 5.82 Å². The van der Waals surface area contributed by atoms with E-state index < -0.39 is 4.92 Å². The maximum atomic E-state index is 11.0. The zero-order valence-electron chi connectivity index (χ0n) is 14.6. The van der Waals surface area contributed by atoms with Gasteiger partial charge in [0.15, 0.2) is 11.6 Å². The molecule has 2 heterocycles. The number of nitro benzene ring substituents is 1. The molecule has 0 aliphatic heterocycles. The van der Waals surface area contributed by atoms with Gasteiger partial charge in [0.25, 0.3) is 5.69 Å². The van der Waals surface area contributed by atoms with Crippen molar-refractivity contribution in [3.8, 4) is 11.4 Å². The van der Waals surface area contributed by atoms with Gasteiger partial charge in [-0.1, -0.05) is 24.2 Å². The van der Waals surface area contributed by atoms with Crippen molar-refractivity contribution < 1.29 is 9.45 Å². The van der Waals surface area contributed by atoms with Crippen LogP contribution in [0.15, 0.2) is 34.9 Å². The van der Waals surface area contributed by atoms with E-state index in [1.165, 1.54) is 12.1 Å². The van der Waals surface area contributed by atoms with Crippen LogP contribution in [0.25, 0.3) is 11.4 Å². The summed E-state index contributed by atoms with van der Waals surface area (Å²) >= 11 is 0. The minimum Gasteiger partial charge on any atom is -0.360 e. The summed E-state index contributed by atoms with van der Waals surface area (Å²) in [5, 5.41) is 18.2. The van der Waals surface area contributed by atoms with Crippen LogP contribution in [-0.4, -0.2) is 25.0 Å². The van der Waals surface area contributed by atoms with Crippen LogP contribution < -0.4 is 5.32 Å². The van der Waals surface area contributed by atoms with Crippen molar-refractivity contribution in [3.05, 3.63) is 57.9 Å². The first-order chi connectivity index (χ1) is 12.5. The number of nitro groups is 1. The van der Waals surface area contributed by atoms with Gasteiger partial charge in [-0.25, -0.2) is 9.97 Å². The van der Waals surface area contributed by atoms with E-state index in [0.717, 1.165) is 12.1 Å². The fraction of sp³-hybridized carbons (Fsp3) is 0.294. The van der Waals surface area contributed by atoms with Gasteiger partial charge in [0.05, 0.1) is 11.0 Å². The molecule has 0 bridgehead atoms. The van der Waals surface area contributed by atoms with Crippen LogP contribution in [-0.2, 0) is 0 Å². The predicted molar refractivity (Wildman–Crippen MR) is 94.5 cm³/mol. The number of nitrogens with zero attached hydrogens (tertiary/aromatic N) is 5. The quantitative estimate of drug-likeness (QED) is 0.526. The number of anilines is 1. The van der Waals surface area contributed by atoms with Gasteiger partial charge in [-0.2, -0.15) is 4.98 Å². The molecule has 1 unspecified atom stereocenters. The van der Waals surface area contributed by atoms with Gasteiger partial charge in [-0.05, 0) is 13.3 Å². The van der Waals surface area contributed by atoms with E-state index in [1.54, 1.807) is 25.1 Å². The second kappa shape index (κ2) is 7.26. The van der Waals surface area contributed by atoms with Crippen LogP contribution in [0.5, 0.6) is 0 Å². The molecule has 0 spiro atoms. The van der Waals surface area contributed by atoms with Crippen molar-refractivity contribution in [2.24, 2.45) is 0 Å². The number of hydrogen-bond donors (Lipinski definition) is 1. The van der Waals surface area contributed by atoms with Crippen molar-refractivity contribution in [3.63, 3.8) is 0 Å². The molecule has 9 nitrogen and oxygen atoms in total. The summed E-state index contributed by atoms with van der Waals surface area (Å²) in [5.41, 5.74) is 1.31. The Morgan fingerprint density at radius 3 is 2.69 bits per heavy atom. The van der Waals surface area contributed by atoms with E-state index in [-0.39, 0.29) is 11.7 Å². The highest BCUT2D eigenvalue weighted by Crippen LogP contribution is 2.24. The number of nitrogens with one attached hydrogen (secondary N) is 1. The van der Waals surface area contributed by atoms with Crippen LogP contribution >= 0.6 is 0 Å².